The lowest BCUT2D eigenvalue weighted by atomic mass is 10.2. The van der Waals surface area contributed by atoms with Crippen molar-refractivity contribution in [3.8, 4) is 11.3 Å². The molecule has 6 nitrogen and oxygen atoms in total. The van der Waals surface area contributed by atoms with Crippen LogP contribution in [0.15, 0.2) is 75.1 Å². The number of hydrogen-bond acceptors (Lipinski definition) is 5. The number of hydrogen-bond donors (Lipinski definition) is 2. The molecule has 0 atom stereocenters. The summed E-state index contributed by atoms with van der Waals surface area (Å²) in [4.78, 5) is 0.0512. The topological polar surface area (TPSA) is 97.7 Å². The molecule has 0 aliphatic heterocycles. The van der Waals surface area contributed by atoms with E-state index in [9.17, 15) is 8.42 Å². The fourth-order valence-electron chi connectivity index (χ4n) is 2.11. The van der Waals surface area contributed by atoms with Gasteiger partial charge >= 0.3 is 0 Å². The van der Waals surface area contributed by atoms with Gasteiger partial charge in [0.2, 0.25) is 10.0 Å². The summed E-state index contributed by atoms with van der Waals surface area (Å²) < 4.78 is 28.2. The first kappa shape index (κ1) is 17.2. The van der Waals surface area contributed by atoms with Crippen LogP contribution in [-0.2, 0) is 10.0 Å². The Kier molecular flexibility index (Phi) is 4.89. The Labute approximate surface area is 150 Å². The SMILES string of the molecule is NS(=O)(=O)c1ccc(-c2ccc(/C=N\Nc3cccc(Cl)c3)o2)cc1. The fourth-order valence-corrected chi connectivity index (χ4v) is 2.82. The summed E-state index contributed by atoms with van der Waals surface area (Å²) in [5.74, 6) is 1.13. The van der Waals surface area contributed by atoms with E-state index < -0.39 is 10.0 Å². The maximum atomic E-state index is 11.3. The Bertz CT molecular complexity index is 1010. The van der Waals surface area contributed by atoms with Crippen molar-refractivity contribution >= 4 is 33.5 Å². The van der Waals surface area contributed by atoms with Crippen LogP contribution in [0.25, 0.3) is 11.3 Å². The zero-order chi connectivity index (χ0) is 17.9. The third-order valence-corrected chi connectivity index (χ3v) is 4.47. The maximum absolute atomic E-state index is 11.3. The number of primary sulfonamides is 1. The van der Waals surface area contributed by atoms with Crippen LogP contribution >= 0.6 is 11.6 Å². The summed E-state index contributed by atoms with van der Waals surface area (Å²) in [6.45, 7) is 0. The number of furan rings is 1. The number of nitrogens with zero attached hydrogens (tertiary/aromatic N) is 1. The molecule has 0 saturated heterocycles. The molecule has 8 heteroatoms. The molecule has 2 aromatic carbocycles. The van der Waals surface area contributed by atoms with Gasteiger partial charge in [-0.15, -0.1) is 0 Å². The summed E-state index contributed by atoms with van der Waals surface area (Å²) >= 11 is 5.90. The summed E-state index contributed by atoms with van der Waals surface area (Å²) in [7, 11) is -3.71. The summed E-state index contributed by atoms with van der Waals surface area (Å²) in [6.07, 6.45) is 1.53. The normalized spacial score (nSPS) is 11.8. The summed E-state index contributed by atoms with van der Waals surface area (Å²) in [5.41, 5.74) is 4.34. The van der Waals surface area contributed by atoms with Crippen LogP contribution in [0.2, 0.25) is 5.02 Å². The molecule has 1 aromatic heterocycles. The first-order chi connectivity index (χ1) is 11.9. The monoisotopic (exact) mass is 375 g/mol. The molecule has 25 heavy (non-hydrogen) atoms. The number of halogens is 1. The van der Waals surface area contributed by atoms with Crippen LogP contribution in [0.3, 0.4) is 0 Å². The first-order valence-corrected chi connectivity index (χ1v) is 9.12. The van der Waals surface area contributed by atoms with E-state index in [0.29, 0.717) is 16.5 Å². The lowest BCUT2D eigenvalue weighted by Crippen LogP contribution is -2.11. The second-order valence-corrected chi connectivity index (χ2v) is 7.15. The molecule has 0 amide bonds. The largest absolute Gasteiger partial charge is 0.455 e. The van der Waals surface area contributed by atoms with Crippen LogP contribution in [-0.4, -0.2) is 14.6 Å². The smallest absolute Gasteiger partial charge is 0.238 e. The van der Waals surface area contributed by atoms with E-state index in [0.717, 1.165) is 11.3 Å². The van der Waals surface area contributed by atoms with Gasteiger partial charge in [-0.25, -0.2) is 13.6 Å². The predicted octanol–water partition coefficient (Wildman–Crippen LogP) is 3.69. The van der Waals surface area contributed by atoms with Crippen molar-refractivity contribution in [1.82, 2.24) is 0 Å². The number of hydrazone groups is 1. The van der Waals surface area contributed by atoms with Gasteiger partial charge in [-0.3, -0.25) is 5.43 Å². The first-order valence-electron chi connectivity index (χ1n) is 7.19. The van der Waals surface area contributed by atoms with E-state index in [4.69, 9.17) is 21.2 Å². The third-order valence-electron chi connectivity index (χ3n) is 3.30. The van der Waals surface area contributed by atoms with Gasteiger partial charge in [0.1, 0.15) is 11.5 Å². The molecular formula is C17H14ClN3O3S. The summed E-state index contributed by atoms with van der Waals surface area (Å²) in [6, 6.07) is 16.8. The number of benzene rings is 2. The van der Waals surface area contributed by atoms with Gasteiger partial charge < -0.3 is 4.42 Å². The molecule has 128 valence electrons. The molecule has 0 unspecified atom stereocenters. The van der Waals surface area contributed by atoms with Crippen molar-refractivity contribution in [2.45, 2.75) is 4.90 Å². The molecule has 1 heterocycles. The second kappa shape index (κ2) is 7.10. The van der Waals surface area contributed by atoms with Gasteiger partial charge in [0, 0.05) is 10.6 Å². The minimum absolute atomic E-state index is 0.0512. The van der Waals surface area contributed by atoms with Crippen LogP contribution in [0.4, 0.5) is 5.69 Å². The number of sulfonamides is 1. The van der Waals surface area contributed by atoms with Crippen LogP contribution < -0.4 is 10.6 Å². The fraction of sp³-hybridized carbons (Fsp3) is 0. The Morgan fingerprint density at radius 1 is 1.08 bits per heavy atom. The number of anilines is 1. The van der Waals surface area contributed by atoms with Crippen molar-refractivity contribution in [2.75, 3.05) is 5.43 Å². The number of rotatable bonds is 5. The Hall–Kier alpha value is -2.61. The Morgan fingerprint density at radius 3 is 2.52 bits per heavy atom. The molecule has 0 aliphatic rings. The average Bonchev–Trinajstić information content (AvgIpc) is 3.03. The van der Waals surface area contributed by atoms with E-state index in [1.54, 1.807) is 36.4 Å². The lowest BCUT2D eigenvalue weighted by Gasteiger charge is -2.00. The molecule has 0 spiro atoms. The van der Waals surface area contributed by atoms with E-state index >= 15 is 0 Å². The van der Waals surface area contributed by atoms with Crippen molar-refractivity contribution in [2.24, 2.45) is 10.2 Å². The molecule has 0 aliphatic carbocycles. The van der Waals surface area contributed by atoms with E-state index in [1.807, 2.05) is 12.1 Å². The lowest BCUT2D eigenvalue weighted by molar-refractivity contribution is 0.575. The Balaban J connectivity index is 1.71. The number of nitrogens with one attached hydrogen (secondary N) is 1. The van der Waals surface area contributed by atoms with E-state index in [-0.39, 0.29) is 4.90 Å². The van der Waals surface area contributed by atoms with Crippen LogP contribution in [0.5, 0.6) is 0 Å². The Morgan fingerprint density at radius 2 is 1.84 bits per heavy atom. The molecule has 0 saturated carbocycles. The van der Waals surface area contributed by atoms with Gasteiger partial charge in [-0.1, -0.05) is 17.7 Å². The molecule has 0 fully saturated rings. The van der Waals surface area contributed by atoms with Crippen LogP contribution in [0.1, 0.15) is 5.76 Å². The van der Waals surface area contributed by atoms with Crippen molar-refractivity contribution in [1.29, 1.82) is 0 Å². The van der Waals surface area contributed by atoms with Crippen molar-refractivity contribution < 1.29 is 12.8 Å². The molecule has 0 bridgehead atoms. The van der Waals surface area contributed by atoms with Gasteiger partial charge in [-0.2, -0.15) is 5.10 Å². The van der Waals surface area contributed by atoms with Gasteiger partial charge in [0.05, 0.1) is 16.8 Å². The van der Waals surface area contributed by atoms with Gasteiger partial charge in [-0.05, 0) is 54.6 Å². The van der Waals surface area contributed by atoms with Gasteiger partial charge in [0.25, 0.3) is 0 Å². The van der Waals surface area contributed by atoms with Gasteiger partial charge in [0.15, 0.2) is 0 Å². The highest BCUT2D eigenvalue weighted by Gasteiger charge is 2.09. The molecule has 3 rings (SSSR count). The minimum atomic E-state index is -3.71. The van der Waals surface area contributed by atoms with E-state index in [1.165, 1.54) is 18.3 Å². The highest BCUT2D eigenvalue weighted by molar-refractivity contribution is 7.89. The summed E-state index contributed by atoms with van der Waals surface area (Å²) in [5, 5.41) is 9.78. The number of nitrogens with two attached hydrogens (primary N) is 1. The third kappa shape index (κ3) is 4.48. The average molecular weight is 376 g/mol. The predicted molar refractivity (Wildman–Crippen MR) is 98.2 cm³/mol. The standard InChI is InChI=1S/C17H14ClN3O3S/c18-13-2-1-3-14(10-13)21-20-11-15-6-9-17(24-15)12-4-7-16(8-5-12)25(19,22)23/h1-11,21H,(H2,19,22,23)/b20-11-. The van der Waals surface area contributed by atoms with Crippen molar-refractivity contribution in [3.05, 3.63) is 71.4 Å². The second-order valence-electron chi connectivity index (χ2n) is 5.15. The highest BCUT2D eigenvalue weighted by Crippen LogP contribution is 2.23. The van der Waals surface area contributed by atoms with Crippen LogP contribution in [0, 0.1) is 0 Å². The molecule has 0 radical (unpaired) electrons. The molecule has 3 N–H and O–H groups in total. The van der Waals surface area contributed by atoms with Crippen molar-refractivity contribution in [3.63, 3.8) is 0 Å². The molecule has 3 aromatic rings. The zero-order valence-electron chi connectivity index (χ0n) is 12.9. The van der Waals surface area contributed by atoms with E-state index in [2.05, 4.69) is 10.5 Å². The highest BCUT2D eigenvalue weighted by atomic mass is 35.5. The minimum Gasteiger partial charge on any atom is -0.455 e. The maximum Gasteiger partial charge on any atom is 0.238 e. The quantitative estimate of drug-likeness (QED) is 0.524. The molecular weight excluding hydrogens is 362 g/mol. The zero-order valence-corrected chi connectivity index (χ0v) is 14.5.